The van der Waals surface area contributed by atoms with Crippen LogP contribution in [0.5, 0.6) is 0 Å². The Balaban J connectivity index is 1.26. The van der Waals surface area contributed by atoms with Crippen LogP contribution in [-0.4, -0.2) is 42.0 Å². The zero-order chi connectivity index (χ0) is 21.6. The molecule has 0 radical (unpaired) electrons. The zero-order valence-electron chi connectivity index (χ0n) is 17.1. The third kappa shape index (κ3) is 6.03. The highest BCUT2D eigenvalue weighted by molar-refractivity contribution is 6.30. The standard InChI is InChI=1S/C24H24ClFN4O/c25-20-5-1-19(2-6-20)17-29-11-13-30(14-12-29)23-10-9-22(16-27-23)28-24(31)15-18-3-7-21(26)8-4-18/h1-10,16H,11-15,17H2,(H,28,31). The van der Waals surface area contributed by atoms with Gasteiger partial charge in [0.05, 0.1) is 18.3 Å². The van der Waals surface area contributed by atoms with E-state index in [4.69, 9.17) is 11.6 Å². The first-order valence-corrected chi connectivity index (χ1v) is 10.6. The Morgan fingerprint density at radius 3 is 2.26 bits per heavy atom. The van der Waals surface area contributed by atoms with Gasteiger partial charge in [-0.05, 0) is 47.5 Å². The van der Waals surface area contributed by atoms with Crippen LogP contribution < -0.4 is 10.2 Å². The highest BCUT2D eigenvalue weighted by Crippen LogP contribution is 2.18. The van der Waals surface area contributed by atoms with E-state index in [0.717, 1.165) is 49.1 Å². The number of piperazine rings is 1. The maximum absolute atomic E-state index is 13.0. The van der Waals surface area contributed by atoms with E-state index >= 15 is 0 Å². The molecule has 31 heavy (non-hydrogen) atoms. The topological polar surface area (TPSA) is 48.5 Å². The Hall–Kier alpha value is -2.96. The van der Waals surface area contributed by atoms with Gasteiger partial charge in [-0.25, -0.2) is 9.37 Å². The number of rotatable bonds is 6. The highest BCUT2D eigenvalue weighted by atomic mass is 35.5. The van der Waals surface area contributed by atoms with E-state index < -0.39 is 0 Å². The van der Waals surface area contributed by atoms with Crippen LogP contribution >= 0.6 is 11.6 Å². The number of benzene rings is 2. The third-order valence-corrected chi connectivity index (χ3v) is 5.58. The molecule has 5 nitrogen and oxygen atoms in total. The number of halogens is 2. The number of carbonyl (C=O) groups excluding carboxylic acids is 1. The summed E-state index contributed by atoms with van der Waals surface area (Å²) in [6.45, 7) is 4.63. The zero-order valence-corrected chi connectivity index (χ0v) is 17.9. The Labute approximate surface area is 186 Å². The maximum Gasteiger partial charge on any atom is 0.228 e. The molecule has 1 aromatic heterocycles. The second-order valence-electron chi connectivity index (χ2n) is 7.65. The first-order valence-electron chi connectivity index (χ1n) is 10.3. The minimum absolute atomic E-state index is 0.156. The van der Waals surface area contributed by atoms with E-state index in [-0.39, 0.29) is 18.1 Å². The summed E-state index contributed by atoms with van der Waals surface area (Å²) in [6, 6.07) is 17.7. The molecule has 1 aliphatic rings. The summed E-state index contributed by atoms with van der Waals surface area (Å²) < 4.78 is 13.0. The summed E-state index contributed by atoms with van der Waals surface area (Å²) in [6.07, 6.45) is 1.87. The predicted octanol–water partition coefficient (Wildman–Crippen LogP) is 4.38. The first kappa shape index (κ1) is 21.3. The van der Waals surface area contributed by atoms with Crippen molar-refractivity contribution in [3.8, 4) is 0 Å². The molecule has 3 aromatic rings. The van der Waals surface area contributed by atoms with Crippen molar-refractivity contribution in [3.63, 3.8) is 0 Å². The molecule has 0 bridgehead atoms. The normalized spacial score (nSPS) is 14.5. The Morgan fingerprint density at radius 2 is 1.61 bits per heavy atom. The van der Waals surface area contributed by atoms with Crippen molar-refractivity contribution >= 4 is 29.0 Å². The van der Waals surface area contributed by atoms with Crippen molar-refractivity contribution in [1.82, 2.24) is 9.88 Å². The van der Waals surface area contributed by atoms with Crippen molar-refractivity contribution < 1.29 is 9.18 Å². The van der Waals surface area contributed by atoms with Crippen LogP contribution in [-0.2, 0) is 17.8 Å². The van der Waals surface area contributed by atoms with Crippen molar-refractivity contribution in [1.29, 1.82) is 0 Å². The molecule has 2 heterocycles. The molecule has 1 saturated heterocycles. The summed E-state index contributed by atoms with van der Waals surface area (Å²) in [7, 11) is 0. The first-order chi connectivity index (χ1) is 15.0. The largest absolute Gasteiger partial charge is 0.354 e. The van der Waals surface area contributed by atoms with Crippen LogP contribution in [0.4, 0.5) is 15.9 Å². The number of pyridine rings is 1. The fourth-order valence-corrected chi connectivity index (χ4v) is 3.75. The van der Waals surface area contributed by atoms with Gasteiger partial charge in [0.25, 0.3) is 0 Å². The van der Waals surface area contributed by atoms with E-state index in [9.17, 15) is 9.18 Å². The number of anilines is 2. The van der Waals surface area contributed by atoms with E-state index in [1.807, 2.05) is 24.3 Å². The molecule has 0 aliphatic carbocycles. The van der Waals surface area contributed by atoms with E-state index in [1.54, 1.807) is 18.3 Å². The lowest BCUT2D eigenvalue weighted by Crippen LogP contribution is -2.46. The lowest BCUT2D eigenvalue weighted by Gasteiger charge is -2.35. The summed E-state index contributed by atoms with van der Waals surface area (Å²) >= 11 is 5.96. The number of carbonyl (C=O) groups is 1. The average molecular weight is 439 g/mol. The van der Waals surface area contributed by atoms with Gasteiger partial charge in [0.15, 0.2) is 0 Å². The average Bonchev–Trinajstić information content (AvgIpc) is 2.78. The number of hydrogen-bond donors (Lipinski definition) is 1. The smallest absolute Gasteiger partial charge is 0.228 e. The Kier molecular flexibility index (Phi) is 6.79. The van der Waals surface area contributed by atoms with Gasteiger partial charge in [-0.2, -0.15) is 0 Å². The minimum Gasteiger partial charge on any atom is -0.354 e. The van der Waals surface area contributed by atoms with Crippen molar-refractivity contribution in [3.05, 3.63) is 88.8 Å². The van der Waals surface area contributed by atoms with Crippen molar-refractivity contribution in [2.45, 2.75) is 13.0 Å². The highest BCUT2D eigenvalue weighted by Gasteiger charge is 2.18. The van der Waals surface area contributed by atoms with E-state index in [2.05, 4.69) is 32.2 Å². The van der Waals surface area contributed by atoms with Crippen LogP contribution in [0.1, 0.15) is 11.1 Å². The summed E-state index contributed by atoms with van der Waals surface area (Å²) in [5, 5.41) is 3.60. The van der Waals surface area contributed by atoms with Crippen LogP contribution in [0, 0.1) is 5.82 Å². The molecule has 2 aromatic carbocycles. The van der Waals surface area contributed by atoms with Gasteiger partial charge in [-0.15, -0.1) is 0 Å². The van der Waals surface area contributed by atoms with Crippen LogP contribution in [0.15, 0.2) is 66.9 Å². The Bertz CT molecular complexity index is 1000. The molecule has 0 atom stereocenters. The van der Waals surface area contributed by atoms with Crippen LogP contribution in [0.2, 0.25) is 5.02 Å². The van der Waals surface area contributed by atoms with E-state index in [0.29, 0.717) is 5.69 Å². The maximum atomic E-state index is 13.0. The van der Waals surface area contributed by atoms with Gasteiger partial charge in [0.1, 0.15) is 11.6 Å². The second-order valence-corrected chi connectivity index (χ2v) is 8.08. The monoisotopic (exact) mass is 438 g/mol. The Morgan fingerprint density at radius 1 is 0.935 bits per heavy atom. The lowest BCUT2D eigenvalue weighted by atomic mass is 10.1. The minimum atomic E-state index is -0.310. The number of aromatic nitrogens is 1. The SMILES string of the molecule is O=C(Cc1ccc(F)cc1)Nc1ccc(N2CCN(Cc3ccc(Cl)cc3)CC2)nc1. The molecular formula is C24H24ClFN4O. The molecule has 1 amide bonds. The predicted molar refractivity (Wildman–Crippen MR) is 122 cm³/mol. The number of amides is 1. The van der Waals surface area contributed by atoms with Gasteiger partial charge in [-0.3, -0.25) is 9.69 Å². The molecule has 1 fully saturated rings. The number of hydrogen-bond acceptors (Lipinski definition) is 4. The van der Waals surface area contributed by atoms with Gasteiger partial charge < -0.3 is 10.2 Å². The second kappa shape index (κ2) is 9.90. The molecule has 0 spiro atoms. The molecule has 4 rings (SSSR count). The fraction of sp³-hybridized carbons (Fsp3) is 0.250. The third-order valence-electron chi connectivity index (χ3n) is 5.33. The van der Waals surface area contributed by atoms with E-state index in [1.165, 1.54) is 17.7 Å². The van der Waals surface area contributed by atoms with Gasteiger partial charge >= 0.3 is 0 Å². The lowest BCUT2D eigenvalue weighted by molar-refractivity contribution is -0.115. The molecule has 0 saturated carbocycles. The summed E-state index contributed by atoms with van der Waals surface area (Å²) in [4.78, 5) is 21.4. The molecule has 1 N–H and O–H groups in total. The molecule has 160 valence electrons. The molecular weight excluding hydrogens is 415 g/mol. The number of nitrogens with zero attached hydrogens (tertiary/aromatic N) is 3. The summed E-state index contributed by atoms with van der Waals surface area (Å²) in [5.41, 5.74) is 2.67. The molecule has 1 aliphatic heterocycles. The van der Waals surface area contributed by atoms with Crippen molar-refractivity contribution in [2.75, 3.05) is 36.4 Å². The fourth-order valence-electron chi connectivity index (χ4n) is 3.62. The quantitative estimate of drug-likeness (QED) is 0.620. The van der Waals surface area contributed by atoms with Crippen molar-refractivity contribution in [2.24, 2.45) is 0 Å². The molecule has 0 unspecified atom stereocenters. The van der Waals surface area contributed by atoms with Gasteiger partial charge in [0.2, 0.25) is 5.91 Å². The van der Waals surface area contributed by atoms with Gasteiger partial charge in [-0.1, -0.05) is 35.9 Å². The van der Waals surface area contributed by atoms with Crippen LogP contribution in [0.3, 0.4) is 0 Å². The van der Waals surface area contributed by atoms with Crippen LogP contribution in [0.25, 0.3) is 0 Å². The summed E-state index contributed by atoms with van der Waals surface area (Å²) in [5.74, 6) is 0.439. The molecule has 7 heteroatoms. The van der Waals surface area contributed by atoms with Gasteiger partial charge in [0, 0.05) is 37.7 Å². The number of nitrogens with one attached hydrogen (secondary N) is 1.